The Morgan fingerprint density at radius 2 is 2.00 bits per heavy atom. The Kier molecular flexibility index (Phi) is 4.48. The largest absolute Gasteiger partial charge is 0.338 e. The molecule has 1 saturated heterocycles. The molecule has 0 unspecified atom stereocenters. The second-order valence-electron chi connectivity index (χ2n) is 6.49. The molecule has 0 N–H and O–H groups in total. The lowest BCUT2D eigenvalue weighted by molar-refractivity contribution is 0.0706. The summed E-state index contributed by atoms with van der Waals surface area (Å²) in [6.45, 7) is 1.34. The van der Waals surface area contributed by atoms with Crippen molar-refractivity contribution < 1.29 is 9.18 Å². The first-order chi connectivity index (χ1) is 12.7. The van der Waals surface area contributed by atoms with Crippen molar-refractivity contribution in [2.75, 3.05) is 13.1 Å². The van der Waals surface area contributed by atoms with Crippen molar-refractivity contribution in [2.24, 2.45) is 0 Å². The van der Waals surface area contributed by atoms with Crippen molar-refractivity contribution in [2.45, 2.75) is 18.8 Å². The number of benzene rings is 1. The third kappa shape index (κ3) is 3.35. The van der Waals surface area contributed by atoms with Gasteiger partial charge in [0.25, 0.3) is 5.91 Å². The van der Waals surface area contributed by atoms with Crippen molar-refractivity contribution in [3.63, 3.8) is 0 Å². The summed E-state index contributed by atoms with van der Waals surface area (Å²) in [5.74, 6) is 0.623. The molecule has 0 spiro atoms. The van der Waals surface area contributed by atoms with Crippen LogP contribution in [0.4, 0.5) is 4.39 Å². The number of pyridine rings is 1. The first-order valence-electron chi connectivity index (χ1n) is 8.71. The molecule has 0 bridgehead atoms. The van der Waals surface area contributed by atoms with Crippen molar-refractivity contribution in [1.29, 1.82) is 0 Å². The number of carbonyl (C=O) groups excluding carboxylic acids is 1. The van der Waals surface area contributed by atoms with Crippen LogP contribution in [0.15, 0.2) is 61.2 Å². The molecule has 2 aromatic heterocycles. The molecule has 26 heavy (non-hydrogen) atoms. The Morgan fingerprint density at radius 3 is 2.77 bits per heavy atom. The summed E-state index contributed by atoms with van der Waals surface area (Å²) in [6.07, 6.45) is 7.22. The number of amides is 1. The number of halogens is 1. The fraction of sp³-hybridized carbons (Fsp3) is 0.250. The van der Waals surface area contributed by atoms with E-state index in [0.717, 1.165) is 24.4 Å². The number of imidazole rings is 1. The molecule has 1 fully saturated rings. The fourth-order valence-corrected chi connectivity index (χ4v) is 3.38. The van der Waals surface area contributed by atoms with Gasteiger partial charge in [0.2, 0.25) is 0 Å². The standard InChI is InChI=1S/C20H19FN4O/c21-17-8-6-15(7-9-17)20(26)24-11-2-3-16(13-24)18-4-1-5-19(23-18)25-12-10-22-14-25/h1,4-10,12,14,16H,2-3,11,13H2/t16-/m1/s1. The molecule has 1 aromatic carbocycles. The van der Waals surface area contributed by atoms with E-state index in [1.54, 1.807) is 24.7 Å². The van der Waals surface area contributed by atoms with Gasteiger partial charge in [0, 0.05) is 42.7 Å². The molecule has 1 aliphatic heterocycles. The van der Waals surface area contributed by atoms with Crippen LogP contribution in [-0.4, -0.2) is 38.4 Å². The highest BCUT2D eigenvalue weighted by atomic mass is 19.1. The molecule has 0 aliphatic carbocycles. The van der Waals surface area contributed by atoms with E-state index in [1.165, 1.54) is 12.1 Å². The number of likely N-dealkylation sites (tertiary alicyclic amines) is 1. The van der Waals surface area contributed by atoms with E-state index < -0.39 is 0 Å². The topological polar surface area (TPSA) is 51.0 Å². The molecule has 4 rings (SSSR count). The summed E-state index contributed by atoms with van der Waals surface area (Å²) in [5.41, 5.74) is 1.50. The quantitative estimate of drug-likeness (QED) is 0.727. The second kappa shape index (κ2) is 7.07. The van der Waals surface area contributed by atoms with Gasteiger partial charge in [-0.25, -0.2) is 14.4 Å². The van der Waals surface area contributed by atoms with Crippen LogP contribution in [0.3, 0.4) is 0 Å². The average Bonchev–Trinajstić information content (AvgIpc) is 3.23. The van der Waals surface area contributed by atoms with E-state index in [9.17, 15) is 9.18 Å². The zero-order valence-corrected chi connectivity index (χ0v) is 14.3. The lowest BCUT2D eigenvalue weighted by Gasteiger charge is -2.32. The van der Waals surface area contributed by atoms with Crippen LogP contribution in [0.25, 0.3) is 5.82 Å². The maximum atomic E-state index is 13.1. The third-order valence-electron chi connectivity index (χ3n) is 4.74. The Labute approximate surface area is 151 Å². The molecule has 0 radical (unpaired) electrons. The van der Waals surface area contributed by atoms with E-state index in [0.29, 0.717) is 18.7 Å². The number of hydrogen-bond acceptors (Lipinski definition) is 3. The minimum Gasteiger partial charge on any atom is -0.338 e. The number of rotatable bonds is 3. The summed E-state index contributed by atoms with van der Waals surface area (Å²) in [6, 6.07) is 11.7. The van der Waals surface area contributed by atoms with Crippen LogP contribution in [0, 0.1) is 5.82 Å². The van der Waals surface area contributed by atoms with E-state index in [4.69, 9.17) is 4.98 Å². The molecule has 1 amide bonds. The lowest BCUT2D eigenvalue weighted by atomic mass is 9.93. The molecule has 132 valence electrons. The number of carbonyl (C=O) groups is 1. The summed E-state index contributed by atoms with van der Waals surface area (Å²) in [7, 11) is 0. The monoisotopic (exact) mass is 350 g/mol. The Bertz CT molecular complexity index is 892. The van der Waals surface area contributed by atoms with Gasteiger partial charge in [-0.1, -0.05) is 6.07 Å². The molecule has 0 saturated carbocycles. The highest BCUT2D eigenvalue weighted by Gasteiger charge is 2.26. The van der Waals surface area contributed by atoms with Gasteiger partial charge in [0.1, 0.15) is 18.0 Å². The van der Waals surface area contributed by atoms with Gasteiger partial charge >= 0.3 is 0 Å². The molecular formula is C20H19FN4O. The zero-order valence-electron chi connectivity index (χ0n) is 14.3. The summed E-state index contributed by atoms with van der Waals surface area (Å²) >= 11 is 0. The van der Waals surface area contributed by atoms with Gasteiger partial charge in [-0.05, 0) is 49.2 Å². The predicted octanol–water partition coefficient (Wildman–Crippen LogP) is 3.43. The van der Waals surface area contributed by atoms with Crippen LogP contribution < -0.4 is 0 Å². The first kappa shape index (κ1) is 16.4. The van der Waals surface area contributed by atoms with Crippen molar-refractivity contribution in [1.82, 2.24) is 19.4 Å². The predicted molar refractivity (Wildman–Crippen MR) is 95.6 cm³/mol. The lowest BCUT2D eigenvalue weighted by Crippen LogP contribution is -2.39. The second-order valence-corrected chi connectivity index (χ2v) is 6.49. The van der Waals surface area contributed by atoms with Crippen LogP contribution in [0.5, 0.6) is 0 Å². The van der Waals surface area contributed by atoms with Crippen LogP contribution in [-0.2, 0) is 0 Å². The van der Waals surface area contributed by atoms with E-state index in [1.807, 2.05) is 33.9 Å². The highest BCUT2D eigenvalue weighted by Crippen LogP contribution is 2.27. The number of piperidine rings is 1. The maximum Gasteiger partial charge on any atom is 0.253 e. The van der Waals surface area contributed by atoms with Crippen molar-refractivity contribution in [3.8, 4) is 5.82 Å². The number of nitrogens with zero attached hydrogens (tertiary/aromatic N) is 4. The molecule has 6 heteroatoms. The first-order valence-corrected chi connectivity index (χ1v) is 8.71. The van der Waals surface area contributed by atoms with Gasteiger partial charge in [0.05, 0.1) is 0 Å². The molecule has 5 nitrogen and oxygen atoms in total. The Morgan fingerprint density at radius 1 is 1.15 bits per heavy atom. The minimum atomic E-state index is -0.335. The molecule has 3 aromatic rings. The summed E-state index contributed by atoms with van der Waals surface area (Å²) < 4.78 is 15.0. The third-order valence-corrected chi connectivity index (χ3v) is 4.74. The minimum absolute atomic E-state index is 0.0551. The fourth-order valence-electron chi connectivity index (χ4n) is 3.38. The van der Waals surface area contributed by atoms with Crippen molar-refractivity contribution in [3.05, 3.63) is 78.3 Å². The van der Waals surface area contributed by atoms with Crippen LogP contribution >= 0.6 is 0 Å². The van der Waals surface area contributed by atoms with Crippen LogP contribution in [0.2, 0.25) is 0 Å². The molecule has 1 atom stereocenters. The molecular weight excluding hydrogens is 331 g/mol. The Balaban J connectivity index is 1.53. The maximum absolute atomic E-state index is 13.1. The van der Waals surface area contributed by atoms with Gasteiger partial charge in [-0.2, -0.15) is 0 Å². The normalized spacial score (nSPS) is 17.3. The summed E-state index contributed by atoms with van der Waals surface area (Å²) in [4.78, 5) is 23.4. The Hall–Kier alpha value is -3.02. The van der Waals surface area contributed by atoms with Gasteiger partial charge in [-0.15, -0.1) is 0 Å². The molecule has 3 heterocycles. The zero-order chi connectivity index (χ0) is 17.9. The van der Waals surface area contributed by atoms with Crippen molar-refractivity contribution >= 4 is 5.91 Å². The van der Waals surface area contributed by atoms with Gasteiger partial charge in [0.15, 0.2) is 0 Å². The van der Waals surface area contributed by atoms with E-state index in [-0.39, 0.29) is 17.6 Å². The van der Waals surface area contributed by atoms with Gasteiger partial charge < -0.3 is 4.90 Å². The molecule has 1 aliphatic rings. The van der Waals surface area contributed by atoms with Crippen LogP contribution in [0.1, 0.15) is 34.8 Å². The van der Waals surface area contributed by atoms with E-state index >= 15 is 0 Å². The average molecular weight is 350 g/mol. The van der Waals surface area contributed by atoms with E-state index in [2.05, 4.69) is 4.98 Å². The number of hydrogen-bond donors (Lipinski definition) is 0. The van der Waals surface area contributed by atoms with Gasteiger partial charge in [-0.3, -0.25) is 9.36 Å². The number of aromatic nitrogens is 3. The highest BCUT2D eigenvalue weighted by molar-refractivity contribution is 5.94. The summed E-state index contributed by atoms with van der Waals surface area (Å²) in [5, 5.41) is 0. The smallest absolute Gasteiger partial charge is 0.253 e. The SMILES string of the molecule is O=C(c1ccc(F)cc1)N1CCC[C@@H](c2cccc(-n3ccnc3)n2)C1.